The van der Waals surface area contributed by atoms with Crippen LogP contribution in [0.2, 0.25) is 0 Å². The van der Waals surface area contributed by atoms with Crippen molar-refractivity contribution in [2.75, 3.05) is 0 Å². The number of aromatic hydroxyl groups is 1. The Balaban J connectivity index is 2.83. The van der Waals surface area contributed by atoms with E-state index in [1.54, 1.807) is 4.68 Å². The molecule has 0 bridgehead atoms. The van der Waals surface area contributed by atoms with Gasteiger partial charge in [-0.15, -0.1) is 0 Å². The first-order chi connectivity index (χ1) is 5.40. The molecule has 0 aliphatic carbocycles. The third kappa shape index (κ3) is 2.24. The van der Waals surface area contributed by atoms with Crippen LogP contribution < -0.4 is 0 Å². The molecule has 0 amide bonds. The lowest BCUT2D eigenvalue weighted by molar-refractivity contribution is 0.321. The molecule has 68 valence electrons. The lowest BCUT2D eigenvalue weighted by Gasteiger charge is -2.18. The highest BCUT2D eigenvalue weighted by atomic mass is 79.9. The summed E-state index contributed by atoms with van der Waals surface area (Å²) in [5.74, 6) is 0.194. The SMILES string of the molecule is CC(C)(C)Cn1ncc(O)c1Br. The predicted molar refractivity (Wildman–Crippen MR) is 51.0 cm³/mol. The highest BCUT2D eigenvalue weighted by Crippen LogP contribution is 2.25. The second-order valence-corrected chi connectivity index (χ2v) is 4.79. The second kappa shape index (κ2) is 3.09. The van der Waals surface area contributed by atoms with E-state index in [4.69, 9.17) is 0 Å². The molecule has 3 nitrogen and oxygen atoms in total. The van der Waals surface area contributed by atoms with E-state index >= 15 is 0 Å². The number of rotatable bonds is 1. The molecule has 0 unspecified atom stereocenters. The van der Waals surface area contributed by atoms with Crippen LogP contribution in [0.4, 0.5) is 0 Å². The van der Waals surface area contributed by atoms with Gasteiger partial charge >= 0.3 is 0 Å². The molecule has 1 aromatic heterocycles. The molecule has 0 fully saturated rings. The zero-order valence-electron chi connectivity index (χ0n) is 7.50. The maximum absolute atomic E-state index is 9.21. The topological polar surface area (TPSA) is 38.0 Å². The van der Waals surface area contributed by atoms with Crippen LogP contribution in [0.5, 0.6) is 5.75 Å². The van der Waals surface area contributed by atoms with Gasteiger partial charge in [-0.05, 0) is 21.3 Å². The van der Waals surface area contributed by atoms with E-state index in [0.29, 0.717) is 4.60 Å². The van der Waals surface area contributed by atoms with Gasteiger partial charge in [-0.25, -0.2) is 0 Å². The fourth-order valence-electron chi connectivity index (χ4n) is 0.920. The van der Waals surface area contributed by atoms with Crippen LogP contribution >= 0.6 is 15.9 Å². The second-order valence-electron chi connectivity index (χ2n) is 4.04. The van der Waals surface area contributed by atoms with Crippen molar-refractivity contribution >= 4 is 15.9 Å². The van der Waals surface area contributed by atoms with Crippen LogP contribution in [0, 0.1) is 5.41 Å². The summed E-state index contributed by atoms with van der Waals surface area (Å²) in [6, 6.07) is 0. The van der Waals surface area contributed by atoms with Gasteiger partial charge in [0.15, 0.2) is 5.75 Å². The van der Waals surface area contributed by atoms with E-state index in [2.05, 4.69) is 41.8 Å². The van der Waals surface area contributed by atoms with Crippen molar-refractivity contribution in [2.45, 2.75) is 27.3 Å². The Bertz CT molecular complexity index is 275. The van der Waals surface area contributed by atoms with E-state index in [-0.39, 0.29) is 11.2 Å². The normalized spacial score (nSPS) is 12.0. The number of hydrogen-bond donors (Lipinski definition) is 1. The molecule has 0 radical (unpaired) electrons. The first kappa shape index (κ1) is 9.58. The number of halogens is 1. The molecule has 1 aromatic rings. The summed E-state index contributed by atoms with van der Waals surface area (Å²) in [6.45, 7) is 7.16. The van der Waals surface area contributed by atoms with Gasteiger partial charge in [0.25, 0.3) is 0 Å². The maximum Gasteiger partial charge on any atom is 0.168 e. The highest BCUT2D eigenvalue weighted by Gasteiger charge is 2.15. The molecule has 1 heterocycles. The Kier molecular flexibility index (Phi) is 2.46. The van der Waals surface area contributed by atoms with Crippen molar-refractivity contribution in [1.29, 1.82) is 0 Å². The Morgan fingerprint density at radius 2 is 2.17 bits per heavy atom. The quantitative estimate of drug-likeness (QED) is 0.808. The van der Waals surface area contributed by atoms with Crippen LogP contribution in [-0.4, -0.2) is 14.9 Å². The predicted octanol–water partition coefficient (Wildman–Crippen LogP) is 2.40. The molecule has 0 atom stereocenters. The van der Waals surface area contributed by atoms with Crippen molar-refractivity contribution in [3.8, 4) is 5.75 Å². The van der Waals surface area contributed by atoms with Gasteiger partial charge in [-0.1, -0.05) is 20.8 Å². The summed E-state index contributed by atoms with van der Waals surface area (Å²) in [5, 5.41) is 13.2. The molecule has 0 aliphatic heterocycles. The van der Waals surface area contributed by atoms with Crippen molar-refractivity contribution in [2.24, 2.45) is 5.41 Å². The number of aromatic nitrogens is 2. The smallest absolute Gasteiger partial charge is 0.168 e. The first-order valence-corrected chi connectivity index (χ1v) is 4.60. The van der Waals surface area contributed by atoms with Crippen LogP contribution in [0.3, 0.4) is 0 Å². The standard InChI is InChI=1S/C8H13BrN2O/c1-8(2,3)5-11-7(9)6(12)4-10-11/h4,12H,5H2,1-3H3. The van der Waals surface area contributed by atoms with Crippen molar-refractivity contribution in [1.82, 2.24) is 9.78 Å². The fraction of sp³-hybridized carbons (Fsp3) is 0.625. The highest BCUT2D eigenvalue weighted by molar-refractivity contribution is 9.10. The van der Waals surface area contributed by atoms with Gasteiger partial charge in [-0.3, -0.25) is 4.68 Å². The Hall–Kier alpha value is -0.510. The summed E-state index contributed by atoms with van der Waals surface area (Å²) < 4.78 is 2.40. The molecule has 0 aromatic carbocycles. The van der Waals surface area contributed by atoms with Gasteiger partial charge in [0.05, 0.1) is 6.20 Å². The van der Waals surface area contributed by atoms with Crippen LogP contribution in [-0.2, 0) is 6.54 Å². The molecule has 4 heteroatoms. The summed E-state index contributed by atoms with van der Waals surface area (Å²) in [6.07, 6.45) is 1.44. The molecule has 0 saturated carbocycles. The van der Waals surface area contributed by atoms with Crippen molar-refractivity contribution < 1.29 is 5.11 Å². The lowest BCUT2D eigenvalue weighted by atomic mass is 9.97. The molecule has 12 heavy (non-hydrogen) atoms. The largest absolute Gasteiger partial charge is 0.504 e. The van der Waals surface area contributed by atoms with Gasteiger partial charge in [-0.2, -0.15) is 5.10 Å². The van der Waals surface area contributed by atoms with E-state index < -0.39 is 0 Å². The average Bonchev–Trinajstić information content (AvgIpc) is 2.16. The van der Waals surface area contributed by atoms with Gasteiger partial charge in [0.2, 0.25) is 0 Å². The zero-order chi connectivity index (χ0) is 9.35. The van der Waals surface area contributed by atoms with Gasteiger partial charge in [0, 0.05) is 6.54 Å². The van der Waals surface area contributed by atoms with Crippen LogP contribution in [0.15, 0.2) is 10.8 Å². The van der Waals surface area contributed by atoms with Crippen LogP contribution in [0.25, 0.3) is 0 Å². The molecule has 0 aliphatic rings. The van der Waals surface area contributed by atoms with Crippen molar-refractivity contribution in [3.63, 3.8) is 0 Å². The number of hydrogen-bond acceptors (Lipinski definition) is 2. The zero-order valence-corrected chi connectivity index (χ0v) is 9.09. The first-order valence-electron chi connectivity index (χ1n) is 3.80. The molecule has 1 rings (SSSR count). The van der Waals surface area contributed by atoms with Gasteiger partial charge < -0.3 is 5.11 Å². The average molecular weight is 233 g/mol. The Morgan fingerprint density at radius 1 is 1.58 bits per heavy atom. The molecule has 1 N–H and O–H groups in total. The summed E-state index contributed by atoms with van der Waals surface area (Å²) in [5.41, 5.74) is 0.168. The van der Waals surface area contributed by atoms with E-state index in [1.165, 1.54) is 6.20 Å². The molecular weight excluding hydrogens is 220 g/mol. The number of nitrogens with zero attached hydrogens (tertiary/aromatic N) is 2. The maximum atomic E-state index is 9.21. The minimum absolute atomic E-state index is 0.168. The molecular formula is C8H13BrN2O. The summed E-state index contributed by atoms with van der Waals surface area (Å²) in [4.78, 5) is 0. The third-order valence-corrected chi connectivity index (χ3v) is 2.20. The van der Waals surface area contributed by atoms with Crippen molar-refractivity contribution in [3.05, 3.63) is 10.8 Å². The Morgan fingerprint density at radius 3 is 2.50 bits per heavy atom. The van der Waals surface area contributed by atoms with E-state index in [1.807, 2.05) is 0 Å². The lowest BCUT2D eigenvalue weighted by Crippen LogP contribution is -2.16. The Labute approximate surface area is 80.5 Å². The fourth-order valence-corrected chi connectivity index (χ4v) is 1.24. The monoisotopic (exact) mass is 232 g/mol. The third-order valence-electron chi connectivity index (χ3n) is 1.38. The summed E-state index contributed by atoms with van der Waals surface area (Å²) in [7, 11) is 0. The minimum Gasteiger partial charge on any atom is -0.504 e. The van der Waals surface area contributed by atoms with Gasteiger partial charge in [0.1, 0.15) is 4.60 Å². The molecule has 0 spiro atoms. The van der Waals surface area contributed by atoms with E-state index in [0.717, 1.165) is 6.54 Å². The van der Waals surface area contributed by atoms with E-state index in [9.17, 15) is 5.11 Å². The minimum atomic E-state index is 0.168. The van der Waals surface area contributed by atoms with Crippen LogP contribution in [0.1, 0.15) is 20.8 Å². The molecule has 0 saturated heterocycles. The summed E-state index contributed by atoms with van der Waals surface area (Å²) >= 11 is 3.25.